The van der Waals surface area contributed by atoms with E-state index in [-0.39, 0.29) is 5.69 Å². The third-order valence-corrected chi connectivity index (χ3v) is 2.82. The van der Waals surface area contributed by atoms with Gasteiger partial charge in [-0.2, -0.15) is 0 Å². The molecule has 7 nitrogen and oxygen atoms in total. The van der Waals surface area contributed by atoms with Crippen molar-refractivity contribution in [2.75, 3.05) is 5.32 Å². The molecule has 0 saturated heterocycles. The molecule has 2 N–H and O–H groups in total. The summed E-state index contributed by atoms with van der Waals surface area (Å²) in [6, 6.07) is 3.15. The number of nitrogens with one attached hydrogen (secondary N) is 1. The maximum atomic E-state index is 13.7. The lowest BCUT2D eigenvalue weighted by Crippen LogP contribution is -2.05. The Labute approximate surface area is 118 Å². The second-order valence-corrected chi connectivity index (χ2v) is 4.23. The number of carbonyl (C=O) groups is 1. The minimum atomic E-state index is -1.57. The average Bonchev–Trinajstić information content (AvgIpc) is 2.40. The quantitative estimate of drug-likeness (QED) is 0.662. The van der Waals surface area contributed by atoms with E-state index in [0.717, 1.165) is 11.6 Å². The van der Waals surface area contributed by atoms with Gasteiger partial charge in [-0.05, 0) is 18.6 Å². The molecule has 108 valence electrons. The molecule has 0 atom stereocenters. The summed E-state index contributed by atoms with van der Waals surface area (Å²) in [6.45, 7) is 1.75. The number of nitrogens with zero attached hydrogens (tertiary/aromatic N) is 2. The molecule has 0 saturated carbocycles. The van der Waals surface area contributed by atoms with Gasteiger partial charge in [0.05, 0.1) is 16.8 Å². The van der Waals surface area contributed by atoms with Gasteiger partial charge in [-0.1, -0.05) is 0 Å². The highest BCUT2D eigenvalue weighted by molar-refractivity contribution is 5.90. The Kier molecular flexibility index (Phi) is 3.79. The van der Waals surface area contributed by atoms with Gasteiger partial charge in [-0.25, -0.2) is 9.18 Å². The first kappa shape index (κ1) is 14.4. The van der Waals surface area contributed by atoms with Crippen LogP contribution in [0.3, 0.4) is 0 Å². The summed E-state index contributed by atoms with van der Waals surface area (Å²) < 4.78 is 13.7. The van der Waals surface area contributed by atoms with E-state index in [1.54, 1.807) is 19.2 Å². The van der Waals surface area contributed by atoms with Crippen molar-refractivity contribution >= 4 is 23.0 Å². The molecule has 8 heteroatoms. The predicted octanol–water partition coefficient (Wildman–Crippen LogP) is 2.88. The molecule has 21 heavy (non-hydrogen) atoms. The van der Waals surface area contributed by atoms with E-state index < -0.39 is 28.0 Å². The van der Waals surface area contributed by atoms with E-state index in [2.05, 4.69) is 10.3 Å². The number of nitro benzene ring substituents is 1. The number of hydrogen-bond donors (Lipinski definition) is 2. The number of halogens is 1. The Morgan fingerprint density at radius 3 is 2.71 bits per heavy atom. The Balaban J connectivity index is 2.53. The maximum absolute atomic E-state index is 13.7. The Hall–Kier alpha value is -3.03. The molecule has 1 aromatic heterocycles. The summed E-state index contributed by atoms with van der Waals surface area (Å²) in [5, 5.41) is 22.5. The van der Waals surface area contributed by atoms with Crippen LogP contribution in [0.4, 0.5) is 21.5 Å². The van der Waals surface area contributed by atoms with Crippen LogP contribution in [0.5, 0.6) is 0 Å². The molecule has 0 aliphatic heterocycles. The Morgan fingerprint density at radius 1 is 1.43 bits per heavy atom. The number of aryl methyl sites for hydroxylation is 1. The van der Waals surface area contributed by atoms with Gasteiger partial charge in [-0.3, -0.25) is 15.1 Å². The SMILES string of the molecule is Cc1ccncc1Nc1cc(F)c(C(=O)O)cc1[N+](=O)[O-]. The number of nitro groups is 1. The Bertz CT molecular complexity index is 733. The number of carboxylic acids is 1. The maximum Gasteiger partial charge on any atom is 0.338 e. The fourth-order valence-corrected chi connectivity index (χ4v) is 1.72. The van der Waals surface area contributed by atoms with Crippen molar-refractivity contribution in [3.63, 3.8) is 0 Å². The van der Waals surface area contributed by atoms with Crippen molar-refractivity contribution in [3.05, 3.63) is 57.7 Å². The topological polar surface area (TPSA) is 105 Å². The van der Waals surface area contributed by atoms with Gasteiger partial charge in [0.15, 0.2) is 0 Å². The molecule has 0 unspecified atom stereocenters. The van der Waals surface area contributed by atoms with Crippen LogP contribution in [0.1, 0.15) is 15.9 Å². The molecule has 1 aromatic carbocycles. The first-order valence-electron chi connectivity index (χ1n) is 5.79. The molecular weight excluding hydrogens is 281 g/mol. The molecule has 0 bridgehead atoms. The summed E-state index contributed by atoms with van der Waals surface area (Å²) >= 11 is 0. The molecule has 0 amide bonds. The lowest BCUT2D eigenvalue weighted by molar-refractivity contribution is -0.384. The van der Waals surface area contributed by atoms with Crippen molar-refractivity contribution < 1.29 is 19.2 Å². The normalized spacial score (nSPS) is 10.2. The van der Waals surface area contributed by atoms with Gasteiger partial charge in [0, 0.05) is 18.3 Å². The van der Waals surface area contributed by atoms with Gasteiger partial charge in [0.1, 0.15) is 17.1 Å². The first-order valence-corrected chi connectivity index (χ1v) is 5.79. The summed E-state index contributed by atoms with van der Waals surface area (Å²) in [5.74, 6) is -2.63. The van der Waals surface area contributed by atoms with Crippen LogP contribution >= 0.6 is 0 Å². The van der Waals surface area contributed by atoms with Gasteiger partial charge < -0.3 is 10.4 Å². The van der Waals surface area contributed by atoms with Crippen LogP contribution < -0.4 is 5.32 Å². The molecule has 2 rings (SSSR count). The molecule has 0 aliphatic carbocycles. The monoisotopic (exact) mass is 291 g/mol. The van der Waals surface area contributed by atoms with Crippen LogP contribution in [-0.4, -0.2) is 21.0 Å². The zero-order chi connectivity index (χ0) is 15.6. The van der Waals surface area contributed by atoms with E-state index >= 15 is 0 Å². The molecule has 0 fully saturated rings. The highest BCUT2D eigenvalue weighted by Gasteiger charge is 2.22. The van der Waals surface area contributed by atoms with E-state index in [0.29, 0.717) is 11.8 Å². The summed E-state index contributed by atoms with van der Waals surface area (Å²) in [4.78, 5) is 24.9. The number of hydrogen-bond acceptors (Lipinski definition) is 5. The minimum absolute atomic E-state index is 0.140. The van der Waals surface area contributed by atoms with Crippen LogP contribution in [0.25, 0.3) is 0 Å². The third kappa shape index (κ3) is 2.94. The summed E-state index contributed by atoms with van der Waals surface area (Å²) in [6.07, 6.45) is 2.98. The van der Waals surface area contributed by atoms with E-state index in [1.165, 1.54) is 6.20 Å². The van der Waals surface area contributed by atoms with Gasteiger partial charge in [0.25, 0.3) is 5.69 Å². The average molecular weight is 291 g/mol. The number of carboxylic acid groups (broad SMARTS) is 1. The lowest BCUT2D eigenvalue weighted by atomic mass is 10.1. The van der Waals surface area contributed by atoms with Crippen molar-refractivity contribution in [3.8, 4) is 0 Å². The van der Waals surface area contributed by atoms with Gasteiger partial charge in [0.2, 0.25) is 0 Å². The first-order chi connectivity index (χ1) is 9.90. The van der Waals surface area contributed by atoms with Crippen molar-refractivity contribution in [1.29, 1.82) is 0 Å². The fourth-order valence-electron chi connectivity index (χ4n) is 1.72. The number of pyridine rings is 1. The molecule has 0 spiro atoms. The van der Waals surface area contributed by atoms with Gasteiger partial charge in [-0.15, -0.1) is 0 Å². The summed E-state index contributed by atoms with van der Waals surface area (Å²) in [7, 11) is 0. The van der Waals surface area contributed by atoms with Crippen molar-refractivity contribution in [2.24, 2.45) is 0 Å². The fraction of sp³-hybridized carbons (Fsp3) is 0.0769. The van der Waals surface area contributed by atoms with E-state index in [9.17, 15) is 19.3 Å². The van der Waals surface area contributed by atoms with Crippen LogP contribution in [0.2, 0.25) is 0 Å². The van der Waals surface area contributed by atoms with Crippen LogP contribution in [0, 0.1) is 22.9 Å². The van der Waals surface area contributed by atoms with Crippen molar-refractivity contribution in [2.45, 2.75) is 6.92 Å². The molecule has 2 aromatic rings. The van der Waals surface area contributed by atoms with Crippen molar-refractivity contribution in [1.82, 2.24) is 4.98 Å². The standard InChI is InChI=1S/C13H10FN3O4/c1-7-2-3-15-6-11(7)16-10-5-9(14)8(13(18)19)4-12(10)17(20)21/h2-6,16H,1H3,(H,18,19). The highest BCUT2D eigenvalue weighted by atomic mass is 19.1. The minimum Gasteiger partial charge on any atom is -0.478 e. The number of anilines is 2. The zero-order valence-electron chi connectivity index (χ0n) is 10.8. The molecule has 0 radical (unpaired) electrons. The number of aromatic carboxylic acids is 1. The summed E-state index contributed by atoms with van der Waals surface area (Å²) in [5.41, 5.74) is -0.212. The highest BCUT2D eigenvalue weighted by Crippen LogP contribution is 2.31. The van der Waals surface area contributed by atoms with E-state index in [1.807, 2.05) is 0 Å². The number of rotatable bonds is 4. The number of aromatic nitrogens is 1. The van der Waals surface area contributed by atoms with E-state index in [4.69, 9.17) is 5.11 Å². The lowest BCUT2D eigenvalue weighted by Gasteiger charge is -2.10. The Morgan fingerprint density at radius 2 is 2.14 bits per heavy atom. The molecular formula is C13H10FN3O4. The van der Waals surface area contributed by atoms with Crippen LogP contribution in [-0.2, 0) is 0 Å². The van der Waals surface area contributed by atoms with Gasteiger partial charge >= 0.3 is 5.97 Å². The van der Waals surface area contributed by atoms with Crippen LogP contribution in [0.15, 0.2) is 30.6 Å². The smallest absolute Gasteiger partial charge is 0.338 e. The zero-order valence-corrected chi connectivity index (χ0v) is 10.8. The predicted molar refractivity (Wildman–Crippen MR) is 72.3 cm³/mol. The largest absolute Gasteiger partial charge is 0.478 e. The second-order valence-electron chi connectivity index (χ2n) is 4.23. The number of benzene rings is 1. The third-order valence-electron chi connectivity index (χ3n) is 2.82. The second kappa shape index (κ2) is 5.53. The molecule has 0 aliphatic rings. The molecule has 1 heterocycles.